The summed E-state index contributed by atoms with van der Waals surface area (Å²) in [5.74, 6) is 0.947. The Morgan fingerprint density at radius 3 is 2.52 bits per heavy atom. The van der Waals surface area contributed by atoms with Gasteiger partial charge in [0, 0.05) is 23.5 Å². The van der Waals surface area contributed by atoms with Crippen molar-refractivity contribution >= 4 is 16.8 Å². The number of benzene rings is 2. The number of nitrogens with zero attached hydrogens (tertiary/aromatic N) is 2. The van der Waals surface area contributed by atoms with E-state index in [0.29, 0.717) is 5.82 Å². The molecule has 0 saturated heterocycles. The van der Waals surface area contributed by atoms with Crippen molar-refractivity contribution in [2.45, 2.75) is 32.3 Å². The van der Waals surface area contributed by atoms with Gasteiger partial charge in [0.05, 0.1) is 6.10 Å². The van der Waals surface area contributed by atoms with E-state index in [1.54, 1.807) is 12.1 Å². The molecule has 3 rings (SSSR count). The van der Waals surface area contributed by atoms with Crippen LogP contribution in [0, 0.1) is 0 Å². The van der Waals surface area contributed by atoms with Crippen LogP contribution in [0.5, 0.6) is 5.75 Å². The van der Waals surface area contributed by atoms with Crippen LogP contribution in [0.15, 0.2) is 54.9 Å². The van der Waals surface area contributed by atoms with Gasteiger partial charge in [-0.25, -0.2) is 9.97 Å². The van der Waals surface area contributed by atoms with Gasteiger partial charge in [0.25, 0.3) is 0 Å². The molecule has 0 aliphatic rings. The van der Waals surface area contributed by atoms with Crippen LogP contribution in [0.3, 0.4) is 0 Å². The van der Waals surface area contributed by atoms with Crippen molar-refractivity contribution < 1.29 is 10.2 Å². The molecule has 2 N–H and O–H groups in total. The molecule has 0 fully saturated rings. The Morgan fingerprint density at radius 1 is 1.04 bits per heavy atom. The second-order valence-electron chi connectivity index (χ2n) is 6.27. The lowest BCUT2D eigenvalue weighted by Crippen LogP contribution is -1.97. The van der Waals surface area contributed by atoms with Gasteiger partial charge < -0.3 is 10.2 Å². The molecule has 0 saturated carbocycles. The van der Waals surface area contributed by atoms with Crippen molar-refractivity contribution in [3.8, 4) is 17.1 Å². The largest absolute Gasteiger partial charge is 0.508 e. The van der Waals surface area contributed by atoms with Crippen LogP contribution in [0.1, 0.15) is 31.7 Å². The minimum absolute atomic E-state index is 0.234. The van der Waals surface area contributed by atoms with Crippen LogP contribution in [0.4, 0.5) is 0 Å². The molecule has 0 aliphatic heterocycles. The number of allylic oxidation sites excluding steroid dienone is 1. The first-order chi connectivity index (χ1) is 12.1. The van der Waals surface area contributed by atoms with Gasteiger partial charge in [0.1, 0.15) is 5.75 Å². The van der Waals surface area contributed by atoms with Crippen LogP contribution in [-0.2, 0) is 0 Å². The summed E-state index contributed by atoms with van der Waals surface area (Å²) in [4.78, 5) is 8.90. The molecule has 2 aromatic carbocycles. The van der Waals surface area contributed by atoms with Crippen molar-refractivity contribution in [2.75, 3.05) is 0 Å². The van der Waals surface area contributed by atoms with E-state index < -0.39 is 0 Å². The first-order valence-corrected chi connectivity index (χ1v) is 8.51. The average Bonchev–Trinajstić information content (AvgIpc) is 2.61. The van der Waals surface area contributed by atoms with E-state index in [9.17, 15) is 10.2 Å². The zero-order chi connectivity index (χ0) is 17.6. The number of hydrogen-bond donors (Lipinski definition) is 2. The predicted molar refractivity (Wildman–Crippen MR) is 101 cm³/mol. The number of aliphatic hydroxyl groups excluding tert-OH is 1. The SMILES string of the molecule is CC(O)CCC/C=C/c1cnc(-c2ccc3cc(O)ccc3c2)nc1. The predicted octanol–water partition coefficient (Wildman–Crippen LogP) is 4.57. The summed E-state index contributed by atoms with van der Waals surface area (Å²) in [6.07, 6.45) is 10.2. The van der Waals surface area contributed by atoms with Gasteiger partial charge in [-0.1, -0.05) is 30.4 Å². The molecule has 0 radical (unpaired) electrons. The Morgan fingerprint density at radius 2 is 1.76 bits per heavy atom. The van der Waals surface area contributed by atoms with E-state index in [-0.39, 0.29) is 11.9 Å². The summed E-state index contributed by atoms with van der Waals surface area (Å²) in [5.41, 5.74) is 1.91. The van der Waals surface area contributed by atoms with Crippen LogP contribution in [0.2, 0.25) is 0 Å². The molecule has 0 spiro atoms. The molecule has 128 valence electrons. The molecule has 25 heavy (non-hydrogen) atoms. The second kappa shape index (κ2) is 7.90. The molecule has 1 atom stereocenters. The number of fused-ring (bicyclic) bond motifs is 1. The fourth-order valence-corrected chi connectivity index (χ4v) is 2.70. The number of aromatic nitrogens is 2. The number of aliphatic hydroxyl groups is 1. The van der Waals surface area contributed by atoms with E-state index >= 15 is 0 Å². The molecule has 1 unspecified atom stereocenters. The third-order valence-electron chi connectivity index (χ3n) is 4.06. The van der Waals surface area contributed by atoms with Crippen LogP contribution in [0.25, 0.3) is 28.2 Å². The van der Waals surface area contributed by atoms with Crippen LogP contribution in [-0.4, -0.2) is 26.3 Å². The summed E-state index contributed by atoms with van der Waals surface area (Å²) in [6, 6.07) is 11.3. The van der Waals surface area contributed by atoms with Gasteiger partial charge in [-0.2, -0.15) is 0 Å². The van der Waals surface area contributed by atoms with Gasteiger partial charge in [-0.3, -0.25) is 0 Å². The zero-order valence-electron chi connectivity index (χ0n) is 14.3. The normalized spacial score (nSPS) is 12.7. The highest BCUT2D eigenvalue weighted by Gasteiger charge is 2.03. The number of phenols is 1. The Kier molecular flexibility index (Phi) is 5.41. The molecule has 1 aromatic heterocycles. The van der Waals surface area contributed by atoms with Crippen molar-refractivity contribution in [1.82, 2.24) is 9.97 Å². The topological polar surface area (TPSA) is 66.2 Å². The van der Waals surface area contributed by atoms with E-state index in [4.69, 9.17) is 0 Å². The fraction of sp³-hybridized carbons (Fsp3) is 0.238. The minimum Gasteiger partial charge on any atom is -0.508 e. The molecule has 4 heteroatoms. The summed E-state index contributed by atoms with van der Waals surface area (Å²) in [5, 5.41) is 20.8. The molecule has 1 heterocycles. The highest BCUT2D eigenvalue weighted by atomic mass is 16.3. The molecule has 0 aliphatic carbocycles. The van der Waals surface area contributed by atoms with Crippen molar-refractivity contribution in [1.29, 1.82) is 0 Å². The van der Waals surface area contributed by atoms with Crippen LogP contribution < -0.4 is 0 Å². The standard InChI is InChI=1S/C21H22N2O2/c1-15(24)5-3-2-4-6-16-13-22-21(23-14-16)19-8-7-18-12-20(25)10-9-17(18)11-19/h4,6-15,24-25H,2-3,5H2,1H3/b6-4+. The Hall–Kier alpha value is -2.72. The molecular weight excluding hydrogens is 312 g/mol. The molecule has 4 nitrogen and oxygen atoms in total. The van der Waals surface area contributed by atoms with Gasteiger partial charge in [0.15, 0.2) is 5.82 Å². The molecule has 0 bridgehead atoms. The molecule has 3 aromatic rings. The maximum atomic E-state index is 9.54. The lowest BCUT2D eigenvalue weighted by Gasteiger charge is -2.04. The molecule has 0 amide bonds. The Bertz CT molecular complexity index is 871. The van der Waals surface area contributed by atoms with Crippen molar-refractivity contribution in [3.63, 3.8) is 0 Å². The van der Waals surface area contributed by atoms with Gasteiger partial charge >= 0.3 is 0 Å². The maximum Gasteiger partial charge on any atom is 0.159 e. The highest BCUT2D eigenvalue weighted by molar-refractivity contribution is 5.87. The third-order valence-corrected chi connectivity index (χ3v) is 4.06. The summed E-state index contributed by atoms with van der Waals surface area (Å²) in [7, 11) is 0. The van der Waals surface area contributed by atoms with Crippen LogP contribution >= 0.6 is 0 Å². The lowest BCUT2D eigenvalue weighted by atomic mass is 10.1. The summed E-state index contributed by atoms with van der Waals surface area (Å²) < 4.78 is 0. The summed E-state index contributed by atoms with van der Waals surface area (Å²) >= 11 is 0. The average molecular weight is 334 g/mol. The fourth-order valence-electron chi connectivity index (χ4n) is 2.70. The number of rotatable bonds is 6. The number of unbranched alkanes of at least 4 members (excludes halogenated alkanes) is 1. The van der Waals surface area contributed by atoms with E-state index in [0.717, 1.165) is 41.2 Å². The second-order valence-corrected chi connectivity index (χ2v) is 6.27. The maximum absolute atomic E-state index is 9.54. The Labute approximate surface area is 147 Å². The summed E-state index contributed by atoms with van der Waals surface area (Å²) in [6.45, 7) is 1.81. The molecular formula is C21H22N2O2. The van der Waals surface area contributed by atoms with Gasteiger partial charge in [-0.05, 0) is 55.2 Å². The minimum atomic E-state index is -0.234. The van der Waals surface area contributed by atoms with Crippen molar-refractivity contribution in [2.24, 2.45) is 0 Å². The quantitative estimate of drug-likeness (QED) is 0.648. The van der Waals surface area contributed by atoms with E-state index in [1.807, 2.05) is 49.7 Å². The monoisotopic (exact) mass is 334 g/mol. The van der Waals surface area contributed by atoms with Gasteiger partial charge in [0.2, 0.25) is 0 Å². The number of hydrogen-bond acceptors (Lipinski definition) is 4. The number of aromatic hydroxyl groups is 1. The first-order valence-electron chi connectivity index (χ1n) is 8.51. The zero-order valence-corrected chi connectivity index (χ0v) is 14.3. The van der Waals surface area contributed by atoms with E-state index in [2.05, 4.69) is 16.0 Å². The smallest absolute Gasteiger partial charge is 0.159 e. The van der Waals surface area contributed by atoms with Crippen molar-refractivity contribution in [3.05, 3.63) is 60.4 Å². The number of phenolic OH excluding ortho intramolecular Hbond substituents is 1. The lowest BCUT2D eigenvalue weighted by molar-refractivity contribution is 0.182. The van der Waals surface area contributed by atoms with E-state index in [1.165, 1.54) is 0 Å². The third kappa shape index (κ3) is 4.64. The first kappa shape index (κ1) is 17.1. The van der Waals surface area contributed by atoms with Gasteiger partial charge in [-0.15, -0.1) is 0 Å². The highest BCUT2D eigenvalue weighted by Crippen LogP contribution is 2.24. The Balaban J connectivity index is 1.69.